The van der Waals surface area contributed by atoms with Crippen LogP contribution in [0.5, 0.6) is 0 Å². The molecule has 0 aliphatic heterocycles. The van der Waals surface area contributed by atoms with Crippen LogP contribution in [0.1, 0.15) is 194 Å². The molecule has 84 heavy (non-hydrogen) atoms. The van der Waals surface area contributed by atoms with Gasteiger partial charge in [0.15, 0.2) is 0 Å². The molecule has 8 aliphatic rings. The Morgan fingerprint density at radius 2 is 0.560 bits per heavy atom. The summed E-state index contributed by atoms with van der Waals surface area (Å²) < 4.78 is 0. The van der Waals surface area contributed by atoms with Crippen molar-refractivity contribution in [2.24, 2.45) is 46.3 Å². The Hall–Kier alpha value is -4.36. The molecule has 8 bridgehead atoms. The molecule has 2 heteroatoms. The molecule has 0 nitrogen and oxygen atoms in total. The standard InChI is InChI=1S/2C40H47.C2H6Si.Zr/c2*1-38(2,3)32-11-7-30(8-12-32)34-15-16-35(31-9-13-33(14-10-31)39(4,5)6)37-21-29(20-36(34)37)25-40-22-26-17-27(23-40)19-28(18-26)24-40;1-3-2;/h2*7-16,20-21,26-28H,17-19,22-25H2,1-6H3;1-2H3;/q2*-1;;+2. The molecule has 0 heterocycles. The van der Waals surface area contributed by atoms with Crippen molar-refractivity contribution >= 4 is 31.1 Å². The van der Waals surface area contributed by atoms with Gasteiger partial charge >= 0.3 is 26.2 Å². The molecule has 8 saturated carbocycles. The van der Waals surface area contributed by atoms with Gasteiger partial charge in [-0.15, -0.1) is 44.8 Å². The summed E-state index contributed by atoms with van der Waals surface area (Å²) in [6.07, 6.45) is 20.5. The number of hydrogen-bond acceptors (Lipinski definition) is 0. The molecule has 0 saturated heterocycles. The molecule has 8 aliphatic carbocycles. The third-order valence-corrected chi connectivity index (χ3v) is 21.6. The summed E-state index contributed by atoms with van der Waals surface area (Å²) in [5, 5.41) is 5.72. The predicted molar refractivity (Wildman–Crippen MR) is 362 cm³/mol. The molecule has 0 spiro atoms. The van der Waals surface area contributed by atoms with Crippen LogP contribution in [0.25, 0.3) is 66.1 Å². The maximum Gasteiger partial charge on any atom is 2.00 e. The predicted octanol–water partition coefficient (Wildman–Crippen LogP) is 23.3. The fourth-order valence-electron chi connectivity index (χ4n) is 18.4. The van der Waals surface area contributed by atoms with Gasteiger partial charge in [-0.3, -0.25) is 0 Å². The molecule has 0 atom stereocenters. The van der Waals surface area contributed by atoms with Crippen molar-refractivity contribution in [1.82, 2.24) is 0 Å². The Kier molecular flexibility index (Phi) is 17.0. The second kappa shape index (κ2) is 23.3. The third kappa shape index (κ3) is 12.7. The first-order valence-electron chi connectivity index (χ1n) is 32.8. The fraction of sp³-hybridized carbons (Fsp3) is 0.488. The second-order valence-electron chi connectivity index (χ2n) is 32.7. The van der Waals surface area contributed by atoms with E-state index in [1.807, 2.05) is 0 Å². The molecule has 436 valence electrons. The van der Waals surface area contributed by atoms with Gasteiger partial charge in [0, 0.05) is 9.52 Å². The monoisotopic (exact) mass is 1200 g/mol. The molecule has 8 aromatic carbocycles. The first kappa shape index (κ1) is 61.3. The van der Waals surface area contributed by atoms with Crippen LogP contribution in [0.15, 0.2) is 146 Å². The summed E-state index contributed by atoms with van der Waals surface area (Å²) in [5.41, 5.74) is 21.4. The summed E-state index contributed by atoms with van der Waals surface area (Å²) in [6, 6.07) is 57.3. The van der Waals surface area contributed by atoms with Gasteiger partial charge < -0.3 is 0 Å². The first-order chi connectivity index (χ1) is 39.3. The minimum absolute atomic E-state index is 0. The Balaban J connectivity index is 0.000000166. The van der Waals surface area contributed by atoms with Crippen molar-refractivity contribution in [3.63, 3.8) is 0 Å². The maximum absolute atomic E-state index is 2.58. The van der Waals surface area contributed by atoms with Crippen molar-refractivity contribution < 1.29 is 26.2 Å². The summed E-state index contributed by atoms with van der Waals surface area (Å²) in [5.74, 6) is 6.02. The van der Waals surface area contributed by atoms with Crippen molar-refractivity contribution in [3.8, 4) is 44.5 Å². The quantitative estimate of drug-likeness (QED) is 0.105. The number of benzene rings is 6. The SMILES string of the molecule is CC(C)(C)c1ccc(-c2ccc(-c3ccc(C(C)(C)C)cc3)c3[cH-]c(CC45CC6CC(CC(C6)C4)C5)cc23)cc1.CC(C)(C)c1ccc(-c2ccc(-c3ccc(C(C)(C)C)cc3)c3[cH-]c(CC45CC6CC(CC(C6)C4)C5)cc23)cc1.C[Si]C.[Zr+2]. The third-order valence-electron chi connectivity index (χ3n) is 21.6. The minimum atomic E-state index is 0. The molecule has 0 amide bonds. The van der Waals surface area contributed by atoms with Crippen LogP contribution in [0, 0.1) is 46.3 Å². The van der Waals surface area contributed by atoms with Crippen LogP contribution in [-0.2, 0) is 60.7 Å². The molecular weight excluding hydrogens is 1100 g/mol. The van der Waals surface area contributed by atoms with Gasteiger partial charge in [0.05, 0.1) is 0 Å². The number of rotatable bonds is 8. The molecule has 2 radical (unpaired) electrons. The van der Waals surface area contributed by atoms with Crippen molar-refractivity contribution in [2.45, 2.75) is 208 Å². The van der Waals surface area contributed by atoms with E-state index in [1.54, 1.807) is 11.1 Å². The average Bonchev–Trinajstić information content (AvgIpc) is 1.89. The molecule has 16 rings (SSSR count). The zero-order chi connectivity index (χ0) is 58.4. The van der Waals surface area contributed by atoms with E-state index < -0.39 is 0 Å². The zero-order valence-corrected chi connectivity index (χ0v) is 57.7. The van der Waals surface area contributed by atoms with Crippen LogP contribution < -0.4 is 0 Å². The largest absolute Gasteiger partial charge is 2.00 e. The van der Waals surface area contributed by atoms with E-state index >= 15 is 0 Å². The van der Waals surface area contributed by atoms with Crippen LogP contribution in [0.3, 0.4) is 0 Å². The topological polar surface area (TPSA) is 0 Å². The van der Waals surface area contributed by atoms with Crippen LogP contribution in [0.4, 0.5) is 0 Å². The number of fused-ring (bicyclic) bond motifs is 2. The van der Waals surface area contributed by atoms with Gasteiger partial charge in [0.2, 0.25) is 0 Å². The first-order valence-corrected chi connectivity index (χ1v) is 34.8. The number of hydrogen-bond donors (Lipinski definition) is 0. The molecule has 0 aromatic heterocycles. The van der Waals surface area contributed by atoms with Crippen LogP contribution in [0.2, 0.25) is 13.1 Å². The van der Waals surface area contributed by atoms with E-state index in [9.17, 15) is 0 Å². The molecule has 8 fully saturated rings. The van der Waals surface area contributed by atoms with Gasteiger partial charge in [-0.05, 0) is 191 Å². The van der Waals surface area contributed by atoms with Gasteiger partial charge in [-0.2, -0.15) is 12.1 Å². The van der Waals surface area contributed by atoms with E-state index in [-0.39, 0.29) is 47.9 Å². The van der Waals surface area contributed by atoms with Gasteiger partial charge in [-0.1, -0.05) is 251 Å². The smallest absolute Gasteiger partial charge is 0.164 e. The molecule has 8 aromatic rings. The van der Waals surface area contributed by atoms with Crippen LogP contribution >= 0.6 is 0 Å². The minimum Gasteiger partial charge on any atom is -0.164 e. The van der Waals surface area contributed by atoms with Crippen molar-refractivity contribution in [3.05, 3.63) is 179 Å². The Bertz CT molecular complexity index is 3060. The Labute approximate surface area is 530 Å². The molecular formula is C82H100SiZr. The van der Waals surface area contributed by atoms with Crippen LogP contribution in [-0.4, -0.2) is 9.52 Å². The van der Waals surface area contributed by atoms with E-state index in [0.29, 0.717) is 10.8 Å². The molecule has 0 N–H and O–H groups in total. The van der Waals surface area contributed by atoms with E-state index in [1.165, 1.54) is 178 Å². The average molecular weight is 1210 g/mol. The Morgan fingerprint density at radius 3 is 0.786 bits per heavy atom. The Morgan fingerprint density at radius 1 is 0.345 bits per heavy atom. The second-order valence-corrected chi connectivity index (χ2v) is 33.7. The summed E-state index contributed by atoms with van der Waals surface area (Å²) in [6.45, 7) is 31.9. The van der Waals surface area contributed by atoms with E-state index in [4.69, 9.17) is 0 Å². The fourth-order valence-corrected chi connectivity index (χ4v) is 18.4. The zero-order valence-electron chi connectivity index (χ0n) is 54.2. The van der Waals surface area contributed by atoms with E-state index in [2.05, 4.69) is 242 Å². The van der Waals surface area contributed by atoms with Gasteiger partial charge in [0.1, 0.15) is 0 Å². The van der Waals surface area contributed by atoms with Crippen molar-refractivity contribution in [1.29, 1.82) is 0 Å². The van der Waals surface area contributed by atoms with Gasteiger partial charge in [-0.25, -0.2) is 0 Å². The summed E-state index contributed by atoms with van der Waals surface area (Å²) in [4.78, 5) is 0. The summed E-state index contributed by atoms with van der Waals surface area (Å²) >= 11 is 0. The van der Waals surface area contributed by atoms with Crippen molar-refractivity contribution in [2.75, 3.05) is 0 Å². The molecule has 0 unspecified atom stereocenters. The van der Waals surface area contributed by atoms with E-state index in [0.717, 1.165) is 45.0 Å². The normalized spacial score (nSPS) is 25.1. The maximum atomic E-state index is 2.58. The summed E-state index contributed by atoms with van der Waals surface area (Å²) in [7, 11) is 1.08. The van der Waals surface area contributed by atoms with Gasteiger partial charge in [0.25, 0.3) is 0 Å².